The van der Waals surface area contributed by atoms with Gasteiger partial charge in [0.1, 0.15) is 0 Å². The molecule has 6 heteroatoms. The molecule has 4 nitrogen and oxygen atoms in total. The average Bonchev–Trinajstić information content (AvgIpc) is 3.13. The SMILES string of the molecule is CN=C(NCc1ccc(Br)cc1)N1CCC2(CCOC2)C1.I. The number of guanidine groups is 1. The van der Waals surface area contributed by atoms with Crippen LogP contribution >= 0.6 is 39.9 Å². The Morgan fingerprint density at radius 1 is 1.36 bits per heavy atom. The van der Waals surface area contributed by atoms with Gasteiger partial charge < -0.3 is 15.0 Å². The summed E-state index contributed by atoms with van der Waals surface area (Å²) in [5.74, 6) is 1.00. The van der Waals surface area contributed by atoms with E-state index >= 15 is 0 Å². The lowest BCUT2D eigenvalue weighted by molar-refractivity contribution is 0.156. The van der Waals surface area contributed by atoms with Crippen molar-refractivity contribution in [1.82, 2.24) is 10.2 Å². The van der Waals surface area contributed by atoms with E-state index in [-0.39, 0.29) is 24.0 Å². The number of hydrogen-bond donors (Lipinski definition) is 1. The lowest BCUT2D eigenvalue weighted by Gasteiger charge is -2.25. The molecule has 2 heterocycles. The van der Waals surface area contributed by atoms with Gasteiger partial charge in [-0.3, -0.25) is 4.99 Å². The van der Waals surface area contributed by atoms with Gasteiger partial charge in [-0.2, -0.15) is 0 Å². The maximum absolute atomic E-state index is 5.59. The predicted octanol–water partition coefficient (Wildman–Crippen LogP) is 3.25. The van der Waals surface area contributed by atoms with Gasteiger partial charge in [0, 0.05) is 43.2 Å². The summed E-state index contributed by atoms with van der Waals surface area (Å²) >= 11 is 3.46. The van der Waals surface area contributed by atoms with E-state index in [1.807, 2.05) is 7.05 Å². The Labute approximate surface area is 157 Å². The number of nitrogens with zero attached hydrogens (tertiary/aromatic N) is 2. The Morgan fingerprint density at radius 3 is 2.77 bits per heavy atom. The molecule has 2 saturated heterocycles. The normalized spacial score (nSPS) is 24.6. The summed E-state index contributed by atoms with van der Waals surface area (Å²) < 4.78 is 6.70. The summed E-state index contributed by atoms with van der Waals surface area (Å²) in [6.45, 7) is 4.77. The van der Waals surface area contributed by atoms with E-state index in [2.05, 4.69) is 55.4 Å². The van der Waals surface area contributed by atoms with Gasteiger partial charge in [-0.25, -0.2) is 0 Å². The Balaban J connectivity index is 0.00000176. The first-order chi connectivity index (χ1) is 10.2. The first-order valence-electron chi connectivity index (χ1n) is 7.49. The number of halogens is 2. The first-order valence-corrected chi connectivity index (χ1v) is 8.28. The molecular weight excluding hydrogens is 457 g/mol. The minimum absolute atomic E-state index is 0. The molecule has 1 spiro atoms. The number of nitrogens with one attached hydrogen (secondary N) is 1. The van der Waals surface area contributed by atoms with Crippen LogP contribution in [0.1, 0.15) is 18.4 Å². The van der Waals surface area contributed by atoms with Gasteiger partial charge in [-0.05, 0) is 30.5 Å². The summed E-state index contributed by atoms with van der Waals surface area (Å²) in [7, 11) is 1.86. The average molecular weight is 480 g/mol. The van der Waals surface area contributed by atoms with Crippen LogP contribution in [0.2, 0.25) is 0 Å². The molecule has 1 unspecified atom stereocenters. The largest absolute Gasteiger partial charge is 0.381 e. The van der Waals surface area contributed by atoms with Crippen LogP contribution in [0.4, 0.5) is 0 Å². The third kappa shape index (κ3) is 4.14. The Morgan fingerprint density at radius 2 is 2.14 bits per heavy atom. The molecule has 2 fully saturated rings. The van der Waals surface area contributed by atoms with Crippen molar-refractivity contribution in [3.8, 4) is 0 Å². The zero-order valence-electron chi connectivity index (χ0n) is 12.8. The van der Waals surface area contributed by atoms with Gasteiger partial charge in [0.15, 0.2) is 5.96 Å². The lowest BCUT2D eigenvalue weighted by atomic mass is 9.87. The third-order valence-corrected chi connectivity index (χ3v) is 5.03. The van der Waals surface area contributed by atoms with Crippen LogP contribution in [0.25, 0.3) is 0 Å². The molecule has 2 aliphatic heterocycles. The highest BCUT2D eigenvalue weighted by molar-refractivity contribution is 14.0. The smallest absolute Gasteiger partial charge is 0.193 e. The highest BCUT2D eigenvalue weighted by atomic mass is 127. The molecule has 1 atom stereocenters. The molecular formula is C16H23BrIN3O. The van der Waals surface area contributed by atoms with Crippen LogP contribution in [0, 0.1) is 5.41 Å². The second-order valence-electron chi connectivity index (χ2n) is 6.00. The third-order valence-electron chi connectivity index (χ3n) is 4.50. The van der Waals surface area contributed by atoms with E-state index in [1.54, 1.807) is 0 Å². The van der Waals surface area contributed by atoms with Crippen molar-refractivity contribution in [3.05, 3.63) is 34.3 Å². The fourth-order valence-electron chi connectivity index (χ4n) is 3.20. The summed E-state index contributed by atoms with van der Waals surface area (Å²) in [5, 5.41) is 3.47. The second kappa shape index (κ2) is 7.97. The van der Waals surface area contributed by atoms with Crippen LogP contribution in [-0.4, -0.2) is 44.2 Å². The zero-order valence-corrected chi connectivity index (χ0v) is 16.8. The highest BCUT2D eigenvalue weighted by Crippen LogP contribution is 2.38. The number of likely N-dealkylation sites (tertiary alicyclic amines) is 1. The summed E-state index contributed by atoms with van der Waals surface area (Å²) in [5.41, 5.74) is 1.63. The van der Waals surface area contributed by atoms with Crippen molar-refractivity contribution in [2.75, 3.05) is 33.4 Å². The number of benzene rings is 1. The van der Waals surface area contributed by atoms with Crippen LogP contribution in [0.5, 0.6) is 0 Å². The minimum atomic E-state index is 0. The Hall–Kier alpha value is -0.340. The van der Waals surface area contributed by atoms with E-state index in [0.717, 1.165) is 43.3 Å². The quantitative estimate of drug-likeness (QED) is 0.402. The van der Waals surface area contributed by atoms with Gasteiger partial charge in [0.2, 0.25) is 0 Å². The number of hydrogen-bond acceptors (Lipinski definition) is 2. The van der Waals surface area contributed by atoms with Gasteiger partial charge in [-0.1, -0.05) is 28.1 Å². The van der Waals surface area contributed by atoms with Gasteiger partial charge in [0.25, 0.3) is 0 Å². The predicted molar refractivity (Wildman–Crippen MR) is 104 cm³/mol. The fourth-order valence-corrected chi connectivity index (χ4v) is 3.47. The molecule has 1 aromatic rings. The Bertz CT molecular complexity index is 515. The van der Waals surface area contributed by atoms with Crippen LogP contribution in [-0.2, 0) is 11.3 Å². The number of aliphatic imine (C=N–C) groups is 1. The molecule has 1 N–H and O–H groups in total. The molecule has 2 aliphatic rings. The van der Waals surface area contributed by atoms with Crippen molar-refractivity contribution < 1.29 is 4.74 Å². The molecule has 1 aromatic carbocycles. The van der Waals surface area contributed by atoms with Crippen molar-refractivity contribution in [2.24, 2.45) is 10.4 Å². The second-order valence-corrected chi connectivity index (χ2v) is 6.92. The lowest BCUT2D eigenvalue weighted by Crippen LogP contribution is -2.41. The van der Waals surface area contributed by atoms with Crippen LogP contribution in [0.3, 0.4) is 0 Å². The summed E-state index contributed by atoms with van der Waals surface area (Å²) in [6, 6.07) is 8.39. The minimum Gasteiger partial charge on any atom is -0.381 e. The molecule has 0 aromatic heterocycles. The van der Waals surface area contributed by atoms with Crippen molar-refractivity contribution in [1.29, 1.82) is 0 Å². The molecule has 0 radical (unpaired) electrons. The van der Waals surface area contributed by atoms with Crippen molar-refractivity contribution in [2.45, 2.75) is 19.4 Å². The van der Waals surface area contributed by atoms with Gasteiger partial charge >= 0.3 is 0 Å². The first kappa shape index (κ1) is 18.0. The molecule has 0 aliphatic carbocycles. The molecule has 0 amide bonds. The van der Waals surface area contributed by atoms with E-state index < -0.39 is 0 Å². The molecule has 3 rings (SSSR count). The number of ether oxygens (including phenoxy) is 1. The van der Waals surface area contributed by atoms with E-state index in [0.29, 0.717) is 5.41 Å². The fraction of sp³-hybridized carbons (Fsp3) is 0.562. The zero-order chi connectivity index (χ0) is 14.7. The Kier molecular flexibility index (Phi) is 6.52. The van der Waals surface area contributed by atoms with Crippen molar-refractivity contribution in [3.63, 3.8) is 0 Å². The summed E-state index contributed by atoms with van der Waals surface area (Å²) in [4.78, 5) is 6.81. The molecule has 0 bridgehead atoms. The van der Waals surface area contributed by atoms with Crippen LogP contribution in [0.15, 0.2) is 33.7 Å². The number of rotatable bonds is 2. The monoisotopic (exact) mass is 479 g/mol. The standard InChI is InChI=1S/C16H22BrN3O.HI/c1-18-15(19-10-13-2-4-14(17)5-3-13)20-8-6-16(11-20)7-9-21-12-16;/h2-5H,6-12H2,1H3,(H,18,19);1H. The van der Waals surface area contributed by atoms with E-state index in [4.69, 9.17) is 4.74 Å². The topological polar surface area (TPSA) is 36.9 Å². The van der Waals surface area contributed by atoms with Gasteiger partial charge in [0.05, 0.1) is 6.61 Å². The molecule has 122 valence electrons. The maximum Gasteiger partial charge on any atom is 0.193 e. The molecule has 0 saturated carbocycles. The van der Waals surface area contributed by atoms with E-state index in [9.17, 15) is 0 Å². The summed E-state index contributed by atoms with van der Waals surface area (Å²) in [6.07, 6.45) is 2.40. The van der Waals surface area contributed by atoms with Crippen molar-refractivity contribution >= 4 is 45.9 Å². The highest BCUT2D eigenvalue weighted by Gasteiger charge is 2.42. The van der Waals surface area contributed by atoms with Gasteiger partial charge in [-0.15, -0.1) is 24.0 Å². The van der Waals surface area contributed by atoms with Crippen LogP contribution < -0.4 is 5.32 Å². The molecule has 22 heavy (non-hydrogen) atoms. The maximum atomic E-state index is 5.59. The van der Waals surface area contributed by atoms with E-state index in [1.165, 1.54) is 18.4 Å².